The number of benzene rings is 1. The molecule has 1 aliphatic rings. The topological polar surface area (TPSA) is 87.4 Å². The number of amides is 1. The van der Waals surface area contributed by atoms with E-state index in [-0.39, 0.29) is 5.91 Å². The van der Waals surface area contributed by atoms with Crippen LogP contribution in [0.15, 0.2) is 24.3 Å². The number of carbonyl (C=O) groups excluding carboxylic acids is 1. The molecule has 0 atom stereocenters. The first-order valence-electron chi connectivity index (χ1n) is 7.82. The normalized spacial score (nSPS) is 16.6. The first-order valence-corrected chi connectivity index (χ1v) is 7.82. The van der Waals surface area contributed by atoms with E-state index in [0.717, 1.165) is 42.9 Å². The van der Waals surface area contributed by atoms with Gasteiger partial charge >= 0.3 is 0 Å². The van der Waals surface area contributed by atoms with Gasteiger partial charge in [0.25, 0.3) is 0 Å². The van der Waals surface area contributed by atoms with Gasteiger partial charge in [-0.1, -0.05) is 12.1 Å². The first kappa shape index (κ1) is 15.6. The Labute approximate surface area is 135 Å². The van der Waals surface area contributed by atoms with E-state index in [4.69, 9.17) is 5.73 Å². The van der Waals surface area contributed by atoms with Crippen molar-refractivity contribution in [2.45, 2.75) is 6.54 Å². The molecule has 1 aromatic carbocycles. The second-order valence-corrected chi connectivity index (χ2v) is 5.77. The van der Waals surface area contributed by atoms with E-state index in [1.807, 2.05) is 24.3 Å². The van der Waals surface area contributed by atoms with Crippen LogP contribution in [0.4, 0.5) is 5.82 Å². The highest BCUT2D eigenvalue weighted by Crippen LogP contribution is 2.18. The molecule has 0 spiro atoms. The third kappa shape index (κ3) is 3.75. The van der Waals surface area contributed by atoms with Gasteiger partial charge in [-0.25, -0.2) is 9.97 Å². The van der Waals surface area contributed by atoms with Gasteiger partial charge in [-0.05, 0) is 12.1 Å². The summed E-state index contributed by atoms with van der Waals surface area (Å²) in [5.41, 5.74) is 6.91. The average molecular weight is 314 g/mol. The van der Waals surface area contributed by atoms with E-state index >= 15 is 0 Å². The summed E-state index contributed by atoms with van der Waals surface area (Å²) in [7, 11) is 1.67. The van der Waals surface area contributed by atoms with Crippen molar-refractivity contribution in [3.63, 3.8) is 0 Å². The van der Waals surface area contributed by atoms with Crippen molar-refractivity contribution >= 4 is 22.6 Å². The number of piperazine rings is 1. The highest BCUT2D eigenvalue weighted by atomic mass is 16.1. The molecule has 0 bridgehead atoms. The Bertz CT molecular complexity index is 696. The molecule has 7 nitrogen and oxygen atoms in total. The molecular formula is C16H22N6O. The van der Waals surface area contributed by atoms with Crippen LogP contribution in [-0.2, 0) is 11.3 Å². The molecule has 0 unspecified atom stereocenters. The Morgan fingerprint density at radius 2 is 1.87 bits per heavy atom. The third-order valence-electron chi connectivity index (χ3n) is 4.16. The lowest BCUT2D eigenvalue weighted by Gasteiger charge is -2.33. The molecule has 7 heteroatoms. The lowest BCUT2D eigenvalue weighted by Crippen LogP contribution is -2.48. The zero-order valence-electron chi connectivity index (χ0n) is 13.3. The van der Waals surface area contributed by atoms with Gasteiger partial charge in [-0.2, -0.15) is 0 Å². The SMILES string of the molecule is CNC(=O)CN1CCN(Cc2nc(N)c3ccccc3n2)CC1. The number of aromatic nitrogens is 2. The van der Waals surface area contributed by atoms with Gasteiger partial charge in [0, 0.05) is 38.6 Å². The van der Waals surface area contributed by atoms with Crippen LogP contribution >= 0.6 is 0 Å². The Kier molecular flexibility index (Phi) is 4.68. The molecule has 1 saturated heterocycles. The summed E-state index contributed by atoms with van der Waals surface area (Å²) >= 11 is 0. The number of nitrogen functional groups attached to an aromatic ring is 1. The van der Waals surface area contributed by atoms with Crippen LogP contribution in [0, 0.1) is 0 Å². The summed E-state index contributed by atoms with van der Waals surface area (Å²) in [5, 5.41) is 3.55. The number of nitrogens with zero attached hydrogens (tertiary/aromatic N) is 4. The van der Waals surface area contributed by atoms with Gasteiger partial charge < -0.3 is 11.1 Å². The molecule has 2 heterocycles. The van der Waals surface area contributed by atoms with Gasteiger partial charge in [0.1, 0.15) is 11.6 Å². The zero-order valence-corrected chi connectivity index (χ0v) is 13.3. The maximum absolute atomic E-state index is 11.4. The third-order valence-corrected chi connectivity index (χ3v) is 4.16. The maximum Gasteiger partial charge on any atom is 0.233 e. The Morgan fingerprint density at radius 1 is 1.17 bits per heavy atom. The van der Waals surface area contributed by atoms with Crippen molar-refractivity contribution in [1.82, 2.24) is 25.1 Å². The van der Waals surface area contributed by atoms with E-state index in [1.54, 1.807) is 7.05 Å². The fourth-order valence-corrected chi connectivity index (χ4v) is 2.81. The van der Waals surface area contributed by atoms with Crippen molar-refractivity contribution in [3.8, 4) is 0 Å². The number of hydrogen-bond acceptors (Lipinski definition) is 6. The van der Waals surface area contributed by atoms with Crippen molar-refractivity contribution in [2.24, 2.45) is 0 Å². The molecule has 122 valence electrons. The summed E-state index contributed by atoms with van der Waals surface area (Å²) < 4.78 is 0. The van der Waals surface area contributed by atoms with E-state index in [2.05, 4.69) is 25.1 Å². The van der Waals surface area contributed by atoms with Crippen molar-refractivity contribution in [1.29, 1.82) is 0 Å². The summed E-state index contributed by atoms with van der Waals surface area (Å²) in [6.45, 7) is 4.68. The number of nitrogens with two attached hydrogens (primary N) is 1. The summed E-state index contributed by atoms with van der Waals surface area (Å²) in [6, 6.07) is 7.79. The lowest BCUT2D eigenvalue weighted by atomic mass is 10.2. The summed E-state index contributed by atoms with van der Waals surface area (Å²) in [5.74, 6) is 1.34. The molecule has 3 N–H and O–H groups in total. The molecule has 1 aliphatic heterocycles. The van der Waals surface area contributed by atoms with Crippen LogP contribution in [0.5, 0.6) is 0 Å². The smallest absolute Gasteiger partial charge is 0.233 e. The molecule has 1 fully saturated rings. The molecule has 23 heavy (non-hydrogen) atoms. The second-order valence-electron chi connectivity index (χ2n) is 5.77. The van der Waals surface area contributed by atoms with Crippen LogP contribution in [-0.4, -0.2) is 65.4 Å². The molecule has 1 aromatic heterocycles. The van der Waals surface area contributed by atoms with Crippen LogP contribution in [0.25, 0.3) is 10.9 Å². The minimum Gasteiger partial charge on any atom is -0.383 e. The number of hydrogen-bond donors (Lipinski definition) is 2. The fourth-order valence-electron chi connectivity index (χ4n) is 2.81. The number of likely N-dealkylation sites (N-methyl/N-ethyl adjacent to an activating group) is 1. The van der Waals surface area contributed by atoms with Crippen LogP contribution < -0.4 is 11.1 Å². The number of fused-ring (bicyclic) bond motifs is 1. The molecular weight excluding hydrogens is 292 g/mol. The average Bonchev–Trinajstić information content (AvgIpc) is 2.56. The lowest BCUT2D eigenvalue weighted by molar-refractivity contribution is -0.122. The highest BCUT2D eigenvalue weighted by molar-refractivity contribution is 5.87. The largest absolute Gasteiger partial charge is 0.383 e. The molecule has 0 radical (unpaired) electrons. The standard InChI is InChI=1S/C16H22N6O/c1-18-15(23)11-22-8-6-21(7-9-22)10-14-19-13-5-3-2-4-12(13)16(17)20-14/h2-5H,6-11H2,1H3,(H,18,23)(H2,17,19,20). The number of para-hydroxylation sites is 1. The Morgan fingerprint density at radius 3 is 2.61 bits per heavy atom. The van der Waals surface area contributed by atoms with E-state index in [1.165, 1.54) is 0 Å². The quantitative estimate of drug-likeness (QED) is 0.831. The Balaban J connectivity index is 1.62. The summed E-state index contributed by atoms with van der Waals surface area (Å²) in [4.78, 5) is 24.9. The number of rotatable bonds is 4. The Hall–Kier alpha value is -2.25. The number of anilines is 1. The van der Waals surface area contributed by atoms with Crippen molar-refractivity contribution in [3.05, 3.63) is 30.1 Å². The minimum atomic E-state index is 0.0593. The van der Waals surface area contributed by atoms with Crippen LogP contribution in [0.3, 0.4) is 0 Å². The molecule has 1 amide bonds. The number of carbonyl (C=O) groups is 1. The molecule has 0 aliphatic carbocycles. The van der Waals surface area contributed by atoms with Gasteiger partial charge in [0.05, 0.1) is 18.6 Å². The van der Waals surface area contributed by atoms with Gasteiger partial charge in [-0.3, -0.25) is 14.6 Å². The first-order chi connectivity index (χ1) is 11.2. The monoisotopic (exact) mass is 314 g/mol. The molecule has 3 rings (SSSR count). The zero-order chi connectivity index (χ0) is 16.2. The molecule has 2 aromatic rings. The van der Waals surface area contributed by atoms with Gasteiger partial charge in [0.15, 0.2) is 0 Å². The fraction of sp³-hybridized carbons (Fsp3) is 0.438. The number of nitrogens with one attached hydrogen (secondary N) is 1. The van der Waals surface area contributed by atoms with Crippen molar-refractivity contribution in [2.75, 3.05) is 45.5 Å². The predicted molar refractivity (Wildman–Crippen MR) is 89.7 cm³/mol. The van der Waals surface area contributed by atoms with Crippen LogP contribution in [0.2, 0.25) is 0 Å². The van der Waals surface area contributed by atoms with E-state index < -0.39 is 0 Å². The van der Waals surface area contributed by atoms with Crippen LogP contribution in [0.1, 0.15) is 5.82 Å². The van der Waals surface area contributed by atoms with Gasteiger partial charge in [0.2, 0.25) is 5.91 Å². The van der Waals surface area contributed by atoms with E-state index in [0.29, 0.717) is 18.9 Å². The van der Waals surface area contributed by atoms with Crippen molar-refractivity contribution < 1.29 is 4.79 Å². The highest BCUT2D eigenvalue weighted by Gasteiger charge is 2.19. The molecule has 0 saturated carbocycles. The van der Waals surface area contributed by atoms with E-state index in [9.17, 15) is 4.79 Å². The summed E-state index contributed by atoms with van der Waals surface area (Å²) in [6.07, 6.45) is 0. The van der Waals surface area contributed by atoms with Gasteiger partial charge in [-0.15, -0.1) is 0 Å². The minimum absolute atomic E-state index is 0.0593. The second kappa shape index (κ2) is 6.89. The predicted octanol–water partition coefficient (Wildman–Crippen LogP) is 0.0756. The maximum atomic E-state index is 11.4.